The number of rotatable bonds is 3. The monoisotopic (exact) mass is 356 g/mol. The molecule has 0 amide bonds. The van der Waals surface area contributed by atoms with E-state index in [4.69, 9.17) is 16.3 Å². The number of nitro benzene ring substituents is 1. The molecule has 0 unspecified atom stereocenters. The number of benzene rings is 1. The number of nitro groups is 1. The molecule has 0 aliphatic carbocycles. The summed E-state index contributed by atoms with van der Waals surface area (Å²) in [6.07, 6.45) is 1.41. The van der Waals surface area contributed by atoms with Crippen molar-refractivity contribution in [3.05, 3.63) is 55.1 Å². The van der Waals surface area contributed by atoms with Crippen molar-refractivity contribution in [3.8, 4) is 11.6 Å². The van der Waals surface area contributed by atoms with Gasteiger partial charge in [0.25, 0.3) is 0 Å². The van der Waals surface area contributed by atoms with Gasteiger partial charge in [-0.05, 0) is 47.0 Å². The first kappa shape index (κ1) is 14.7. The van der Waals surface area contributed by atoms with Crippen LogP contribution in [0.1, 0.15) is 11.1 Å². The molecule has 0 fully saturated rings. The summed E-state index contributed by atoms with van der Waals surface area (Å²) in [5.41, 5.74) is 1.37. The number of aryl methyl sites for hydroxylation is 2. The maximum atomic E-state index is 11.1. The van der Waals surface area contributed by atoms with Gasteiger partial charge in [0.1, 0.15) is 0 Å². The summed E-state index contributed by atoms with van der Waals surface area (Å²) in [6.45, 7) is 3.54. The van der Waals surface area contributed by atoms with Crippen molar-refractivity contribution in [2.45, 2.75) is 13.8 Å². The van der Waals surface area contributed by atoms with Gasteiger partial charge >= 0.3 is 5.69 Å². The van der Waals surface area contributed by atoms with Gasteiger partial charge < -0.3 is 4.74 Å². The number of pyridine rings is 1. The van der Waals surface area contributed by atoms with Crippen molar-refractivity contribution in [1.29, 1.82) is 0 Å². The Balaban J connectivity index is 2.50. The summed E-state index contributed by atoms with van der Waals surface area (Å²) in [6, 6.07) is 4.89. The van der Waals surface area contributed by atoms with Crippen LogP contribution >= 0.6 is 27.5 Å². The number of aromatic nitrogens is 1. The fourth-order valence-corrected chi connectivity index (χ4v) is 2.49. The lowest BCUT2D eigenvalue weighted by molar-refractivity contribution is -0.385. The van der Waals surface area contributed by atoms with Gasteiger partial charge in [-0.1, -0.05) is 17.7 Å². The molecule has 0 bridgehead atoms. The van der Waals surface area contributed by atoms with Crippen molar-refractivity contribution >= 4 is 33.2 Å². The highest BCUT2D eigenvalue weighted by molar-refractivity contribution is 9.10. The molecule has 1 aromatic heterocycles. The minimum atomic E-state index is -0.473. The quantitative estimate of drug-likeness (QED) is 0.584. The molecule has 0 spiro atoms. The Morgan fingerprint density at radius 3 is 2.65 bits per heavy atom. The smallest absolute Gasteiger partial charge is 0.312 e. The topological polar surface area (TPSA) is 65.3 Å². The number of halogens is 2. The average Bonchev–Trinajstić information content (AvgIpc) is 2.34. The van der Waals surface area contributed by atoms with Crippen molar-refractivity contribution < 1.29 is 9.66 Å². The van der Waals surface area contributed by atoms with Gasteiger partial charge in [-0.15, -0.1) is 0 Å². The minimum Gasteiger partial charge on any atom is -0.430 e. The van der Waals surface area contributed by atoms with E-state index in [1.54, 1.807) is 19.9 Å². The second-order valence-electron chi connectivity index (χ2n) is 4.23. The van der Waals surface area contributed by atoms with Gasteiger partial charge in [0, 0.05) is 12.3 Å². The third kappa shape index (κ3) is 3.08. The summed E-state index contributed by atoms with van der Waals surface area (Å²) >= 11 is 9.06. The van der Waals surface area contributed by atoms with E-state index in [0.29, 0.717) is 15.1 Å². The lowest BCUT2D eigenvalue weighted by Crippen LogP contribution is -1.98. The Bertz CT molecular complexity index is 692. The fraction of sp³-hybridized carbons (Fsp3) is 0.154. The van der Waals surface area contributed by atoms with E-state index in [2.05, 4.69) is 20.9 Å². The highest BCUT2D eigenvalue weighted by Gasteiger charge is 2.20. The van der Waals surface area contributed by atoms with Crippen LogP contribution in [-0.4, -0.2) is 9.91 Å². The third-order valence-electron chi connectivity index (χ3n) is 2.57. The van der Waals surface area contributed by atoms with E-state index in [0.717, 1.165) is 5.56 Å². The van der Waals surface area contributed by atoms with Crippen LogP contribution in [0.4, 0.5) is 5.69 Å². The molecule has 0 saturated heterocycles. The second-order valence-corrected chi connectivity index (χ2v) is 5.52. The molecule has 5 nitrogen and oxygen atoms in total. The molecule has 0 aliphatic rings. The largest absolute Gasteiger partial charge is 0.430 e. The van der Waals surface area contributed by atoms with E-state index >= 15 is 0 Å². The maximum absolute atomic E-state index is 11.1. The highest BCUT2D eigenvalue weighted by atomic mass is 79.9. The molecule has 2 aromatic rings. The zero-order chi connectivity index (χ0) is 14.9. The SMILES string of the molecule is Cc1cc(C)c(Oc2ncc(Cl)cc2Br)c([N+](=O)[O-])c1. The number of hydrogen-bond donors (Lipinski definition) is 0. The van der Waals surface area contributed by atoms with Crippen molar-refractivity contribution in [1.82, 2.24) is 4.98 Å². The normalized spacial score (nSPS) is 10.4. The standard InChI is InChI=1S/C13H10BrClN2O3/c1-7-3-8(2)12(11(4-7)17(18)19)20-13-10(14)5-9(15)6-16-13/h3-6H,1-2H3. The highest BCUT2D eigenvalue weighted by Crippen LogP contribution is 2.37. The average molecular weight is 358 g/mol. The van der Waals surface area contributed by atoms with E-state index in [-0.39, 0.29) is 17.3 Å². The zero-order valence-corrected chi connectivity index (χ0v) is 13.0. The van der Waals surface area contributed by atoms with Crippen LogP contribution in [0.3, 0.4) is 0 Å². The van der Waals surface area contributed by atoms with Crippen LogP contribution in [0.2, 0.25) is 5.02 Å². The van der Waals surface area contributed by atoms with E-state index in [9.17, 15) is 10.1 Å². The van der Waals surface area contributed by atoms with Crippen molar-refractivity contribution in [2.75, 3.05) is 0 Å². The van der Waals surface area contributed by atoms with Crippen LogP contribution in [0.15, 0.2) is 28.9 Å². The van der Waals surface area contributed by atoms with E-state index in [1.807, 2.05) is 6.07 Å². The lowest BCUT2D eigenvalue weighted by Gasteiger charge is -2.10. The van der Waals surface area contributed by atoms with Gasteiger partial charge in [0.2, 0.25) is 11.6 Å². The van der Waals surface area contributed by atoms with Gasteiger partial charge in [-0.2, -0.15) is 0 Å². The predicted octanol–water partition coefficient (Wildman–Crippen LogP) is 4.81. The van der Waals surface area contributed by atoms with Crippen LogP contribution < -0.4 is 4.74 Å². The molecule has 0 atom stereocenters. The summed E-state index contributed by atoms with van der Waals surface area (Å²) in [5.74, 6) is 0.403. The lowest BCUT2D eigenvalue weighted by atomic mass is 10.1. The van der Waals surface area contributed by atoms with Gasteiger partial charge in [0.15, 0.2) is 0 Å². The second kappa shape index (κ2) is 5.76. The first-order chi connectivity index (χ1) is 9.38. The van der Waals surface area contributed by atoms with Crippen LogP contribution in [0.25, 0.3) is 0 Å². The predicted molar refractivity (Wildman–Crippen MR) is 79.6 cm³/mol. The van der Waals surface area contributed by atoms with Crippen molar-refractivity contribution in [2.24, 2.45) is 0 Å². The first-order valence-electron chi connectivity index (χ1n) is 5.63. The Kier molecular flexibility index (Phi) is 4.25. The molecule has 20 heavy (non-hydrogen) atoms. The molecule has 104 valence electrons. The molecular weight excluding hydrogens is 348 g/mol. The Hall–Kier alpha value is -1.66. The fourth-order valence-electron chi connectivity index (χ4n) is 1.77. The molecule has 0 N–H and O–H groups in total. The van der Waals surface area contributed by atoms with Gasteiger partial charge in [-0.25, -0.2) is 4.98 Å². The van der Waals surface area contributed by atoms with E-state index in [1.165, 1.54) is 12.3 Å². The molecule has 0 radical (unpaired) electrons. The summed E-state index contributed by atoms with van der Waals surface area (Å²) in [5, 5.41) is 11.6. The molecule has 1 aromatic carbocycles. The minimum absolute atomic E-state index is 0.0915. The number of hydrogen-bond acceptors (Lipinski definition) is 4. The summed E-state index contributed by atoms with van der Waals surface area (Å²) in [7, 11) is 0. The van der Waals surface area contributed by atoms with Crippen LogP contribution in [0.5, 0.6) is 11.6 Å². The first-order valence-corrected chi connectivity index (χ1v) is 6.80. The molecule has 0 aliphatic heterocycles. The molecule has 7 heteroatoms. The van der Waals surface area contributed by atoms with E-state index < -0.39 is 4.92 Å². The molecular formula is C13H10BrClN2O3. The maximum Gasteiger partial charge on any atom is 0.312 e. The van der Waals surface area contributed by atoms with Crippen LogP contribution in [0, 0.1) is 24.0 Å². The van der Waals surface area contributed by atoms with Crippen LogP contribution in [-0.2, 0) is 0 Å². The number of ether oxygens (including phenoxy) is 1. The Labute approximate surface area is 128 Å². The van der Waals surface area contributed by atoms with Crippen molar-refractivity contribution in [3.63, 3.8) is 0 Å². The van der Waals surface area contributed by atoms with Gasteiger partial charge in [0.05, 0.1) is 14.4 Å². The Morgan fingerprint density at radius 2 is 2.05 bits per heavy atom. The molecule has 0 saturated carbocycles. The Morgan fingerprint density at radius 1 is 1.35 bits per heavy atom. The zero-order valence-electron chi connectivity index (χ0n) is 10.7. The van der Waals surface area contributed by atoms with Gasteiger partial charge in [-0.3, -0.25) is 10.1 Å². The molecule has 1 heterocycles. The number of nitrogens with zero attached hydrogens (tertiary/aromatic N) is 2. The summed E-state index contributed by atoms with van der Waals surface area (Å²) in [4.78, 5) is 14.7. The molecule has 2 rings (SSSR count). The third-order valence-corrected chi connectivity index (χ3v) is 3.34. The summed E-state index contributed by atoms with van der Waals surface area (Å²) < 4.78 is 6.11.